The van der Waals surface area contributed by atoms with Gasteiger partial charge in [-0.05, 0) is 0 Å². The lowest BCUT2D eigenvalue weighted by molar-refractivity contribution is -0.141. The number of carbonyl (C=O) groups is 4. The van der Waals surface area contributed by atoms with Gasteiger partial charge in [-0.2, -0.15) is 0 Å². The largest absolute Gasteiger partial charge is 0.481 e. The minimum Gasteiger partial charge on any atom is -0.481 e. The van der Waals surface area contributed by atoms with Crippen molar-refractivity contribution in [1.29, 1.82) is 0 Å². The van der Waals surface area contributed by atoms with Gasteiger partial charge in [0.05, 0.1) is 12.5 Å². The summed E-state index contributed by atoms with van der Waals surface area (Å²) in [5.41, 5.74) is 0. The third-order valence-corrected chi connectivity index (χ3v) is 2.27. The summed E-state index contributed by atoms with van der Waals surface area (Å²) in [5, 5.41) is 13.2. The summed E-state index contributed by atoms with van der Waals surface area (Å²) in [4.78, 5) is 44.8. The molecule has 17 heavy (non-hydrogen) atoms. The Morgan fingerprint density at radius 1 is 1.53 bits per heavy atom. The first-order valence-corrected chi connectivity index (χ1v) is 4.99. The fraction of sp³-hybridized carbons (Fsp3) is 0.556. The van der Waals surface area contributed by atoms with Gasteiger partial charge in [0.15, 0.2) is 0 Å². The number of hydrogen-bond donors (Lipinski definition) is 3. The third kappa shape index (κ3) is 3.44. The van der Waals surface area contributed by atoms with Crippen LogP contribution in [0.4, 0.5) is 4.79 Å². The average molecular weight is 243 g/mol. The van der Waals surface area contributed by atoms with Crippen LogP contribution in [0.25, 0.3) is 0 Å². The van der Waals surface area contributed by atoms with Crippen LogP contribution in [-0.2, 0) is 14.4 Å². The molecule has 1 saturated heterocycles. The van der Waals surface area contributed by atoms with E-state index in [0.29, 0.717) is 0 Å². The Hall–Kier alpha value is -2.12. The molecule has 1 aliphatic heterocycles. The summed E-state index contributed by atoms with van der Waals surface area (Å²) < 4.78 is 0. The van der Waals surface area contributed by atoms with E-state index in [0.717, 1.165) is 4.90 Å². The van der Waals surface area contributed by atoms with E-state index in [-0.39, 0.29) is 13.1 Å². The van der Waals surface area contributed by atoms with Crippen molar-refractivity contribution in [2.45, 2.75) is 6.92 Å². The number of nitrogens with one attached hydrogen (secondary N) is 2. The van der Waals surface area contributed by atoms with Gasteiger partial charge in [-0.1, -0.05) is 6.92 Å². The standard InChI is InChI=1S/C9H13N3O5/c1-5(8(15)16)2-10-6(13)4-12-7(14)3-11-9(12)17/h5H,2-4H2,1H3,(H,10,13)(H,11,17)(H,15,16). The van der Waals surface area contributed by atoms with Crippen molar-refractivity contribution in [1.82, 2.24) is 15.5 Å². The molecule has 1 aliphatic rings. The van der Waals surface area contributed by atoms with Gasteiger partial charge in [-0.3, -0.25) is 19.3 Å². The van der Waals surface area contributed by atoms with Gasteiger partial charge in [0, 0.05) is 6.54 Å². The maximum Gasteiger partial charge on any atom is 0.325 e. The highest BCUT2D eigenvalue weighted by Gasteiger charge is 2.30. The van der Waals surface area contributed by atoms with Gasteiger partial charge in [0.1, 0.15) is 6.54 Å². The fourth-order valence-electron chi connectivity index (χ4n) is 1.17. The van der Waals surface area contributed by atoms with Crippen molar-refractivity contribution < 1.29 is 24.3 Å². The average Bonchev–Trinajstić information content (AvgIpc) is 2.57. The molecular formula is C9H13N3O5. The number of carbonyl (C=O) groups excluding carboxylic acids is 3. The minimum absolute atomic E-state index is 0.0438. The zero-order valence-corrected chi connectivity index (χ0v) is 9.23. The van der Waals surface area contributed by atoms with E-state index in [1.807, 2.05) is 0 Å². The molecular weight excluding hydrogens is 230 g/mol. The Bertz CT molecular complexity index is 352. The number of carboxylic acid groups (broad SMARTS) is 1. The number of aliphatic carboxylic acids is 1. The molecule has 3 N–H and O–H groups in total. The Morgan fingerprint density at radius 2 is 2.18 bits per heavy atom. The van der Waals surface area contributed by atoms with Gasteiger partial charge in [0.25, 0.3) is 5.91 Å². The molecule has 0 aromatic carbocycles. The number of imide groups is 1. The molecule has 0 aromatic heterocycles. The second kappa shape index (κ2) is 5.28. The Morgan fingerprint density at radius 3 is 2.65 bits per heavy atom. The van der Waals surface area contributed by atoms with Crippen LogP contribution in [0.5, 0.6) is 0 Å². The van der Waals surface area contributed by atoms with Gasteiger partial charge >= 0.3 is 12.0 Å². The van der Waals surface area contributed by atoms with Gasteiger partial charge in [-0.15, -0.1) is 0 Å². The molecule has 1 fully saturated rings. The van der Waals surface area contributed by atoms with Crippen molar-refractivity contribution in [2.24, 2.45) is 5.92 Å². The van der Waals surface area contributed by atoms with Crippen LogP contribution >= 0.6 is 0 Å². The highest BCUT2D eigenvalue weighted by molar-refractivity contribution is 6.04. The number of nitrogens with zero attached hydrogens (tertiary/aromatic N) is 1. The van der Waals surface area contributed by atoms with Crippen LogP contribution in [0.3, 0.4) is 0 Å². The Kier molecular flexibility index (Phi) is 4.02. The first-order chi connectivity index (χ1) is 7.91. The molecule has 8 heteroatoms. The molecule has 1 unspecified atom stereocenters. The smallest absolute Gasteiger partial charge is 0.325 e. The van der Waals surface area contributed by atoms with E-state index >= 15 is 0 Å². The van der Waals surface area contributed by atoms with Crippen molar-refractivity contribution in [3.05, 3.63) is 0 Å². The molecule has 1 heterocycles. The third-order valence-electron chi connectivity index (χ3n) is 2.27. The topological polar surface area (TPSA) is 116 Å². The van der Waals surface area contributed by atoms with E-state index in [1.54, 1.807) is 0 Å². The summed E-state index contributed by atoms with van der Waals surface area (Å²) in [6, 6.07) is -0.614. The Balaban J connectivity index is 2.37. The molecule has 1 rings (SSSR count). The normalized spacial score (nSPS) is 16.6. The molecule has 0 spiro atoms. The molecule has 8 nitrogen and oxygen atoms in total. The predicted molar refractivity (Wildman–Crippen MR) is 54.9 cm³/mol. The maximum absolute atomic E-state index is 11.3. The fourth-order valence-corrected chi connectivity index (χ4v) is 1.17. The summed E-state index contributed by atoms with van der Waals surface area (Å²) in [5.74, 6) is -2.79. The van der Waals surface area contributed by atoms with Crippen molar-refractivity contribution in [2.75, 3.05) is 19.6 Å². The van der Waals surface area contributed by atoms with Crippen LogP contribution in [0, 0.1) is 5.92 Å². The van der Waals surface area contributed by atoms with Crippen LogP contribution < -0.4 is 10.6 Å². The lowest BCUT2D eigenvalue weighted by Crippen LogP contribution is -2.42. The van der Waals surface area contributed by atoms with Crippen LogP contribution in [0.1, 0.15) is 6.92 Å². The zero-order valence-electron chi connectivity index (χ0n) is 9.23. The number of amides is 4. The van der Waals surface area contributed by atoms with E-state index in [9.17, 15) is 19.2 Å². The highest BCUT2D eigenvalue weighted by atomic mass is 16.4. The first kappa shape index (κ1) is 12.9. The number of rotatable bonds is 5. The van der Waals surface area contributed by atoms with Crippen LogP contribution in [-0.4, -0.2) is 53.5 Å². The molecule has 0 saturated carbocycles. The molecule has 0 bridgehead atoms. The van der Waals surface area contributed by atoms with Crippen molar-refractivity contribution >= 4 is 23.8 Å². The van der Waals surface area contributed by atoms with E-state index in [4.69, 9.17) is 5.11 Å². The predicted octanol–water partition coefficient (Wildman–Crippen LogP) is -1.62. The second-order valence-electron chi connectivity index (χ2n) is 3.68. The molecule has 4 amide bonds. The SMILES string of the molecule is CC(CNC(=O)CN1C(=O)CNC1=O)C(=O)O. The van der Waals surface area contributed by atoms with E-state index in [1.165, 1.54) is 6.92 Å². The lowest BCUT2D eigenvalue weighted by Gasteiger charge is -2.13. The minimum atomic E-state index is -1.03. The summed E-state index contributed by atoms with van der Waals surface area (Å²) in [6.07, 6.45) is 0. The van der Waals surface area contributed by atoms with Crippen molar-refractivity contribution in [3.8, 4) is 0 Å². The lowest BCUT2D eigenvalue weighted by atomic mass is 10.2. The summed E-state index contributed by atoms with van der Waals surface area (Å²) >= 11 is 0. The van der Waals surface area contributed by atoms with Crippen LogP contribution in [0.2, 0.25) is 0 Å². The van der Waals surface area contributed by atoms with E-state index in [2.05, 4.69) is 10.6 Å². The first-order valence-electron chi connectivity index (χ1n) is 4.99. The molecule has 0 aliphatic carbocycles. The molecule has 94 valence electrons. The van der Waals surface area contributed by atoms with Gasteiger partial charge < -0.3 is 15.7 Å². The number of urea groups is 1. The summed E-state index contributed by atoms with van der Waals surface area (Å²) in [7, 11) is 0. The Labute approximate surface area is 97.0 Å². The molecule has 0 radical (unpaired) electrons. The molecule has 0 aromatic rings. The van der Waals surface area contributed by atoms with Crippen molar-refractivity contribution in [3.63, 3.8) is 0 Å². The summed E-state index contributed by atoms with van der Waals surface area (Å²) in [6.45, 7) is 0.892. The maximum atomic E-state index is 11.3. The second-order valence-corrected chi connectivity index (χ2v) is 3.68. The number of hydrogen-bond acceptors (Lipinski definition) is 4. The zero-order chi connectivity index (χ0) is 13.0. The highest BCUT2D eigenvalue weighted by Crippen LogP contribution is 1.98. The molecule has 1 atom stereocenters. The van der Waals surface area contributed by atoms with Crippen LogP contribution in [0.15, 0.2) is 0 Å². The number of carboxylic acids is 1. The monoisotopic (exact) mass is 243 g/mol. The van der Waals surface area contributed by atoms with Gasteiger partial charge in [0.2, 0.25) is 5.91 Å². The van der Waals surface area contributed by atoms with Gasteiger partial charge in [-0.25, -0.2) is 4.79 Å². The van der Waals surface area contributed by atoms with E-state index < -0.39 is 36.3 Å². The quantitative estimate of drug-likeness (QED) is 0.501.